The number of hydrogen-bond donors (Lipinski definition) is 0. The van der Waals surface area contributed by atoms with Crippen LogP contribution in [-0.4, -0.2) is 8.07 Å². The molecule has 0 nitrogen and oxygen atoms in total. The van der Waals surface area contributed by atoms with Gasteiger partial charge in [-0.3, -0.25) is 0 Å². The van der Waals surface area contributed by atoms with Gasteiger partial charge in [-0.15, -0.1) is 24.8 Å². The van der Waals surface area contributed by atoms with Crippen LogP contribution in [0.5, 0.6) is 0 Å². The van der Waals surface area contributed by atoms with Crippen LogP contribution in [0.3, 0.4) is 0 Å². The van der Waals surface area contributed by atoms with E-state index >= 15 is 0 Å². The quantitative estimate of drug-likeness (QED) is 0.362. The van der Waals surface area contributed by atoms with E-state index in [0.29, 0.717) is 0 Å². The average molecular weight is 530 g/mol. The normalized spacial score (nSPS) is 21.4. The second-order valence-corrected chi connectivity index (χ2v) is 14.9. The van der Waals surface area contributed by atoms with Gasteiger partial charge in [0.2, 0.25) is 0 Å². The molecule has 2 aromatic carbocycles. The molecule has 0 saturated carbocycles. The van der Waals surface area contributed by atoms with Gasteiger partial charge in [-0.1, -0.05) is 0 Å². The molecule has 0 heterocycles. The van der Waals surface area contributed by atoms with Gasteiger partial charge < -0.3 is 0 Å². The molecule has 0 aromatic heterocycles. The van der Waals surface area contributed by atoms with Crippen molar-refractivity contribution in [3.63, 3.8) is 0 Å². The van der Waals surface area contributed by atoms with Crippen LogP contribution in [0.1, 0.15) is 28.7 Å². The van der Waals surface area contributed by atoms with Gasteiger partial charge in [0.05, 0.1) is 0 Å². The smallest absolute Gasteiger partial charge is 0.147 e. The maximum Gasteiger partial charge on any atom is -0.147 e. The number of allylic oxidation sites excluding steroid dienone is 6. The fourth-order valence-electron chi connectivity index (χ4n) is 5.47. The number of halogens is 2. The largest absolute Gasteiger partial charge is 0.147 e. The predicted octanol–water partition coefficient (Wildman–Crippen LogP) is 7.49. The van der Waals surface area contributed by atoms with Crippen molar-refractivity contribution in [2.24, 2.45) is 0 Å². The Bertz CT molecular complexity index is 1090. The summed E-state index contributed by atoms with van der Waals surface area (Å²) in [5, 5.41) is 1.93. The summed E-state index contributed by atoms with van der Waals surface area (Å²) in [5.74, 6) is 0. The Labute approximate surface area is 208 Å². The second-order valence-electron chi connectivity index (χ2n) is 8.83. The first-order chi connectivity index (χ1) is 13.5. The summed E-state index contributed by atoms with van der Waals surface area (Å²) in [6, 6.07) is 18.0. The van der Waals surface area contributed by atoms with E-state index in [2.05, 4.69) is 92.0 Å². The molecule has 0 spiro atoms. The Kier molecular flexibility index (Phi) is 7.05. The molecule has 1 atom stereocenters. The predicted molar refractivity (Wildman–Crippen MR) is 133 cm³/mol. The minimum atomic E-state index is -1.79. The molecule has 2 aromatic rings. The monoisotopic (exact) mass is 527 g/mol. The number of benzene rings is 2. The minimum Gasteiger partial charge on any atom is -0.147 e. The summed E-state index contributed by atoms with van der Waals surface area (Å²) in [6.45, 7) is 5.26. The summed E-state index contributed by atoms with van der Waals surface area (Å²) in [6.07, 6.45) is 15.6. The molecule has 0 bridgehead atoms. The first kappa shape index (κ1) is 23.7. The van der Waals surface area contributed by atoms with Crippen LogP contribution in [-0.2, 0) is 37.6 Å². The van der Waals surface area contributed by atoms with E-state index in [-0.39, 0.29) is 29.9 Å². The van der Waals surface area contributed by atoms with Crippen LogP contribution in [0.2, 0.25) is 18.1 Å². The maximum absolute atomic E-state index is 2.63. The van der Waals surface area contributed by atoms with E-state index in [1.54, 1.807) is 38.8 Å². The number of fused-ring (bicyclic) bond motifs is 2. The van der Waals surface area contributed by atoms with Gasteiger partial charge in [0.25, 0.3) is 0 Å². The topological polar surface area (TPSA) is 0 Å². The van der Waals surface area contributed by atoms with Crippen molar-refractivity contribution >= 4 is 45.0 Å². The molecule has 0 aliphatic heterocycles. The van der Waals surface area contributed by atoms with Crippen LogP contribution >= 0.6 is 24.8 Å². The summed E-state index contributed by atoms with van der Waals surface area (Å²) < 4.78 is 1.65. The van der Waals surface area contributed by atoms with Crippen LogP contribution in [0.4, 0.5) is 0 Å². The molecule has 1 unspecified atom stereocenters. The van der Waals surface area contributed by atoms with Crippen molar-refractivity contribution in [2.75, 3.05) is 0 Å². The minimum absolute atomic E-state index is 0. The molecule has 30 heavy (non-hydrogen) atoms. The zero-order valence-electron chi connectivity index (χ0n) is 17.4. The molecular weight excluding hydrogens is 503 g/mol. The molecule has 4 heteroatoms. The first-order valence-corrected chi connectivity index (χ1v) is 14.4. The zero-order valence-corrected chi connectivity index (χ0v) is 22.5. The third-order valence-corrected chi connectivity index (χ3v) is 14.2. The maximum atomic E-state index is 2.63. The molecule has 3 aliphatic rings. The third-order valence-electron chi connectivity index (χ3n) is 7.23. The van der Waals surface area contributed by atoms with E-state index in [1.807, 2.05) is 0 Å². The van der Waals surface area contributed by atoms with Crippen molar-refractivity contribution in [3.05, 3.63) is 103 Å². The second kappa shape index (κ2) is 8.91. The molecule has 0 N–H and O–H groups in total. The van der Waals surface area contributed by atoms with Gasteiger partial charge in [-0.05, 0) is 0 Å². The molecular formula is C26H27Cl2SiZr. The molecule has 3 aliphatic carbocycles. The Morgan fingerprint density at radius 1 is 0.833 bits per heavy atom. The third kappa shape index (κ3) is 3.55. The van der Waals surface area contributed by atoms with Crippen LogP contribution in [0.25, 0.3) is 12.2 Å². The van der Waals surface area contributed by atoms with Crippen molar-refractivity contribution in [2.45, 2.75) is 37.4 Å². The van der Waals surface area contributed by atoms with Crippen molar-refractivity contribution in [1.82, 2.24) is 0 Å². The van der Waals surface area contributed by atoms with E-state index in [4.69, 9.17) is 0 Å². The van der Waals surface area contributed by atoms with E-state index < -0.39 is 8.07 Å². The molecule has 0 fully saturated rings. The Morgan fingerprint density at radius 3 is 2.03 bits per heavy atom. The summed E-state index contributed by atoms with van der Waals surface area (Å²) in [4.78, 5) is 0. The fourth-order valence-corrected chi connectivity index (χ4v) is 12.7. The molecule has 0 saturated heterocycles. The number of rotatable bonds is 3. The van der Waals surface area contributed by atoms with Gasteiger partial charge in [0.1, 0.15) is 0 Å². The Morgan fingerprint density at radius 2 is 1.43 bits per heavy atom. The summed E-state index contributed by atoms with van der Waals surface area (Å²) in [7, 11) is -1.79. The van der Waals surface area contributed by atoms with E-state index in [0.717, 1.165) is 19.3 Å². The molecule has 5 rings (SSSR count). The van der Waals surface area contributed by atoms with Gasteiger partial charge in [-0.25, -0.2) is 0 Å². The molecule has 0 radical (unpaired) electrons. The Hall–Kier alpha value is -0.920. The first-order valence-electron chi connectivity index (χ1n) is 10.2. The molecule has 153 valence electrons. The zero-order chi connectivity index (χ0) is 19.4. The molecule has 0 amide bonds. The van der Waals surface area contributed by atoms with Gasteiger partial charge in [-0.2, -0.15) is 0 Å². The SMILES string of the molecule is C[Si](C)(C1=Cc2ccccc2C1)C1(C2=Cc3ccccc3C2)CC=CC=[C]1[Zr].Cl.Cl. The fraction of sp³-hybridized carbons (Fsp3) is 0.231. The van der Waals surface area contributed by atoms with Crippen molar-refractivity contribution in [3.8, 4) is 0 Å². The van der Waals surface area contributed by atoms with E-state index in [1.165, 1.54) is 22.3 Å². The van der Waals surface area contributed by atoms with E-state index in [9.17, 15) is 0 Å². The Balaban J connectivity index is 0.00000128. The van der Waals surface area contributed by atoms with Gasteiger partial charge in [0.15, 0.2) is 0 Å². The number of hydrogen-bond acceptors (Lipinski definition) is 0. The average Bonchev–Trinajstić information content (AvgIpc) is 3.33. The van der Waals surface area contributed by atoms with Gasteiger partial charge in [0, 0.05) is 0 Å². The van der Waals surface area contributed by atoms with Crippen molar-refractivity contribution in [1.29, 1.82) is 0 Å². The van der Waals surface area contributed by atoms with Gasteiger partial charge >= 0.3 is 185 Å². The van der Waals surface area contributed by atoms with Crippen LogP contribution in [0.15, 0.2) is 80.8 Å². The summed E-state index contributed by atoms with van der Waals surface area (Å²) >= 11 is 1.57. The van der Waals surface area contributed by atoms with Crippen LogP contribution in [0, 0.1) is 0 Å². The standard InChI is InChI=1S/C26H25Si.2ClH.Zr/c1-27(2,25-18-22-12-6-7-13-23(22)19-25)26(14-8-3-9-15-26)24-16-20-10-4-5-11-21(20)17-24;;;/h3-13,16,18H,14,17,19H2,1-2H3;2*1H;. The summed E-state index contributed by atoms with van der Waals surface area (Å²) in [5.41, 5.74) is 7.55. The van der Waals surface area contributed by atoms with Crippen molar-refractivity contribution < 1.29 is 24.7 Å². The van der Waals surface area contributed by atoms with Crippen LogP contribution < -0.4 is 0 Å².